The van der Waals surface area contributed by atoms with Crippen molar-refractivity contribution in [3.8, 4) is 0 Å². The number of hydrogen-bond acceptors (Lipinski definition) is 3. The molecule has 3 aliphatic rings. The zero-order chi connectivity index (χ0) is 16.7. The SMILES string of the molecule is O=C(Nc1ccn(CC(F)F)n1)N[C@@H]1[C@@H]2CCO[C@@H]2C12CCCC2. The van der Waals surface area contributed by atoms with E-state index < -0.39 is 13.0 Å². The maximum atomic E-state index is 12.3. The number of hydrogen-bond donors (Lipinski definition) is 2. The number of carbonyl (C=O) groups is 1. The van der Waals surface area contributed by atoms with Crippen molar-refractivity contribution >= 4 is 11.8 Å². The van der Waals surface area contributed by atoms with E-state index in [0.29, 0.717) is 5.92 Å². The van der Waals surface area contributed by atoms with Gasteiger partial charge in [0.2, 0.25) is 0 Å². The van der Waals surface area contributed by atoms with Crippen LogP contribution in [0.5, 0.6) is 0 Å². The minimum Gasteiger partial charge on any atom is -0.377 e. The number of amides is 2. The summed E-state index contributed by atoms with van der Waals surface area (Å²) in [5, 5.41) is 9.68. The summed E-state index contributed by atoms with van der Waals surface area (Å²) in [6.45, 7) is 0.297. The van der Waals surface area contributed by atoms with E-state index in [2.05, 4.69) is 15.7 Å². The van der Waals surface area contributed by atoms with Gasteiger partial charge in [-0.3, -0.25) is 10.00 Å². The average Bonchev–Trinajstić information content (AvgIpc) is 3.24. The van der Waals surface area contributed by atoms with Gasteiger partial charge in [0, 0.05) is 36.2 Å². The molecule has 2 aliphatic carbocycles. The fourth-order valence-corrected chi connectivity index (χ4v) is 4.87. The number of nitrogens with zero attached hydrogens (tertiary/aromatic N) is 2. The highest BCUT2D eigenvalue weighted by molar-refractivity contribution is 5.88. The summed E-state index contributed by atoms with van der Waals surface area (Å²) in [4.78, 5) is 12.3. The molecule has 1 aliphatic heterocycles. The van der Waals surface area contributed by atoms with Crippen LogP contribution in [-0.4, -0.2) is 41.0 Å². The monoisotopic (exact) mass is 340 g/mol. The molecular formula is C16H22F2N4O2. The second-order valence-electron chi connectivity index (χ2n) is 7.07. The fraction of sp³-hybridized carbons (Fsp3) is 0.750. The number of fused-ring (bicyclic) bond motifs is 2. The van der Waals surface area contributed by atoms with E-state index in [1.165, 1.54) is 25.1 Å². The van der Waals surface area contributed by atoms with Gasteiger partial charge < -0.3 is 10.1 Å². The lowest BCUT2D eigenvalue weighted by molar-refractivity contribution is -0.125. The number of carbonyl (C=O) groups excluding carboxylic acids is 1. The molecule has 132 valence electrons. The van der Waals surface area contributed by atoms with Crippen LogP contribution in [0.25, 0.3) is 0 Å². The van der Waals surface area contributed by atoms with Crippen LogP contribution in [0.1, 0.15) is 32.1 Å². The molecule has 24 heavy (non-hydrogen) atoms. The summed E-state index contributed by atoms with van der Waals surface area (Å²) in [6.07, 6.45) is 4.81. The van der Waals surface area contributed by atoms with Crippen LogP contribution in [0.2, 0.25) is 0 Å². The Kier molecular flexibility index (Phi) is 3.94. The molecule has 2 N–H and O–H groups in total. The first-order valence-corrected chi connectivity index (χ1v) is 8.59. The van der Waals surface area contributed by atoms with Gasteiger partial charge in [-0.2, -0.15) is 5.10 Å². The van der Waals surface area contributed by atoms with Crippen molar-refractivity contribution < 1.29 is 18.3 Å². The molecule has 1 saturated heterocycles. The number of rotatable bonds is 4. The first kappa shape index (κ1) is 15.8. The van der Waals surface area contributed by atoms with Crippen molar-refractivity contribution in [1.29, 1.82) is 0 Å². The largest absolute Gasteiger partial charge is 0.377 e. The lowest BCUT2D eigenvalue weighted by atomic mass is 9.54. The van der Waals surface area contributed by atoms with Crippen molar-refractivity contribution in [2.24, 2.45) is 11.3 Å². The number of halogens is 2. The number of nitrogens with one attached hydrogen (secondary N) is 2. The molecule has 2 saturated carbocycles. The first-order valence-electron chi connectivity index (χ1n) is 8.59. The molecule has 1 spiro atoms. The normalized spacial score (nSPS) is 30.4. The topological polar surface area (TPSA) is 68.2 Å². The summed E-state index contributed by atoms with van der Waals surface area (Å²) in [7, 11) is 0. The molecule has 2 heterocycles. The van der Waals surface area contributed by atoms with Crippen LogP contribution in [0.15, 0.2) is 12.3 Å². The maximum absolute atomic E-state index is 12.3. The minimum absolute atomic E-state index is 0.0908. The van der Waals surface area contributed by atoms with Gasteiger partial charge in [-0.05, 0) is 19.3 Å². The smallest absolute Gasteiger partial charge is 0.320 e. The van der Waals surface area contributed by atoms with Crippen molar-refractivity contribution in [2.45, 2.75) is 57.2 Å². The third-order valence-corrected chi connectivity index (χ3v) is 5.78. The lowest BCUT2D eigenvalue weighted by Crippen LogP contribution is -2.68. The second-order valence-corrected chi connectivity index (χ2v) is 7.07. The Hall–Kier alpha value is -1.70. The molecule has 1 aromatic rings. The van der Waals surface area contributed by atoms with E-state index in [0.717, 1.165) is 30.6 Å². The van der Waals surface area contributed by atoms with Gasteiger partial charge in [0.05, 0.1) is 6.10 Å². The van der Waals surface area contributed by atoms with Crippen LogP contribution in [0.3, 0.4) is 0 Å². The molecule has 3 atom stereocenters. The molecule has 3 fully saturated rings. The molecule has 0 aromatic carbocycles. The predicted molar refractivity (Wildman–Crippen MR) is 82.9 cm³/mol. The highest BCUT2D eigenvalue weighted by atomic mass is 19.3. The average molecular weight is 340 g/mol. The number of urea groups is 1. The van der Waals surface area contributed by atoms with Crippen molar-refractivity contribution in [2.75, 3.05) is 11.9 Å². The van der Waals surface area contributed by atoms with Crippen LogP contribution in [0, 0.1) is 11.3 Å². The molecule has 4 rings (SSSR count). The molecule has 8 heteroatoms. The molecule has 0 bridgehead atoms. The quantitative estimate of drug-likeness (QED) is 0.885. The highest BCUT2D eigenvalue weighted by Crippen LogP contribution is 2.60. The molecule has 1 aromatic heterocycles. The third kappa shape index (κ3) is 2.56. The van der Waals surface area contributed by atoms with Crippen molar-refractivity contribution in [1.82, 2.24) is 15.1 Å². The van der Waals surface area contributed by atoms with E-state index >= 15 is 0 Å². The van der Waals surface area contributed by atoms with Crippen LogP contribution >= 0.6 is 0 Å². The van der Waals surface area contributed by atoms with Gasteiger partial charge in [-0.1, -0.05) is 12.8 Å². The van der Waals surface area contributed by atoms with Gasteiger partial charge in [0.25, 0.3) is 6.43 Å². The Morgan fingerprint density at radius 3 is 3.00 bits per heavy atom. The third-order valence-electron chi connectivity index (χ3n) is 5.78. The standard InChI is InChI=1S/C16H22F2N4O2/c17-11(18)9-22-7-3-12(21-22)19-15(23)20-13-10-4-8-24-14(10)16(13)5-1-2-6-16/h3,7,10-11,13-14H,1-2,4-6,8-9H2,(H2,19,20,21,23)/t10-,13+,14-/m0/s1. The lowest BCUT2D eigenvalue weighted by Gasteiger charge is -2.56. The zero-order valence-electron chi connectivity index (χ0n) is 13.4. The number of alkyl halides is 2. The number of aromatic nitrogens is 2. The van der Waals surface area contributed by atoms with Gasteiger partial charge in [0.15, 0.2) is 5.82 Å². The second kappa shape index (κ2) is 5.98. The van der Waals surface area contributed by atoms with Crippen molar-refractivity contribution in [3.63, 3.8) is 0 Å². The predicted octanol–water partition coefficient (Wildman–Crippen LogP) is 2.62. The minimum atomic E-state index is -2.47. The van der Waals surface area contributed by atoms with Crippen LogP contribution in [0.4, 0.5) is 19.4 Å². The van der Waals surface area contributed by atoms with Crippen LogP contribution in [-0.2, 0) is 11.3 Å². The van der Waals surface area contributed by atoms with Crippen LogP contribution < -0.4 is 10.6 Å². The van der Waals surface area contributed by atoms with Crippen molar-refractivity contribution in [3.05, 3.63) is 12.3 Å². The van der Waals surface area contributed by atoms with Gasteiger partial charge in [-0.25, -0.2) is 13.6 Å². The summed E-state index contributed by atoms with van der Waals surface area (Å²) < 4.78 is 31.7. The van der Waals surface area contributed by atoms with E-state index in [1.807, 2.05) is 0 Å². The maximum Gasteiger partial charge on any atom is 0.320 e. The molecule has 6 nitrogen and oxygen atoms in total. The van der Waals surface area contributed by atoms with E-state index in [-0.39, 0.29) is 29.4 Å². The summed E-state index contributed by atoms with van der Waals surface area (Å²) in [5.74, 6) is 0.678. The number of anilines is 1. The molecule has 2 amide bonds. The Morgan fingerprint density at radius 1 is 1.46 bits per heavy atom. The Morgan fingerprint density at radius 2 is 2.25 bits per heavy atom. The fourth-order valence-electron chi connectivity index (χ4n) is 4.87. The van der Waals surface area contributed by atoms with E-state index in [4.69, 9.17) is 4.74 Å². The molecular weight excluding hydrogens is 318 g/mol. The first-order chi connectivity index (χ1) is 11.6. The number of ether oxygens (including phenoxy) is 1. The Balaban J connectivity index is 1.38. The van der Waals surface area contributed by atoms with Gasteiger partial charge >= 0.3 is 6.03 Å². The van der Waals surface area contributed by atoms with Gasteiger partial charge in [0.1, 0.15) is 6.54 Å². The van der Waals surface area contributed by atoms with E-state index in [1.54, 1.807) is 0 Å². The highest BCUT2D eigenvalue weighted by Gasteiger charge is 2.65. The molecule has 0 unspecified atom stereocenters. The molecule has 0 radical (unpaired) electrons. The van der Waals surface area contributed by atoms with Gasteiger partial charge in [-0.15, -0.1) is 0 Å². The zero-order valence-corrected chi connectivity index (χ0v) is 13.4. The summed E-state index contributed by atoms with van der Waals surface area (Å²) in [6, 6.07) is 1.34. The Labute approximate surface area is 138 Å². The summed E-state index contributed by atoms with van der Waals surface area (Å²) >= 11 is 0. The van der Waals surface area contributed by atoms with E-state index in [9.17, 15) is 13.6 Å². The summed E-state index contributed by atoms with van der Waals surface area (Å²) in [5.41, 5.74) is 0.0908. The Bertz CT molecular complexity index is 615.